The van der Waals surface area contributed by atoms with Crippen molar-refractivity contribution in [3.05, 3.63) is 113 Å². The van der Waals surface area contributed by atoms with Gasteiger partial charge in [0, 0.05) is 54.4 Å². The fourth-order valence-electron chi connectivity index (χ4n) is 5.71. The first-order chi connectivity index (χ1) is 22.5. The van der Waals surface area contributed by atoms with Crippen molar-refractivity contribution >= 4 is 46.1 Å². The Hall–Kier alpha value is -5.39. The van der Waals surface area contributed by atoms with Crippen LogP contribution in [0.5, 0.6) is 0 Å². The maximum Gasteiger partial charge on any atom is 0.248 e. The summed E-state index contributed by atoms with van der Waals surface area (Å²) in [5, 5.41) is 8.35. The molecule has 6 aromatic rings. The van der Waals surface area contributed by atoms with E-state index in [2.05, 4.69) is 27.8 Å². The lowest BCUT2D eigenvalue weighted by atomic mass is 9.99. The van der Waals surface area contributed by atoms with Crippen molar-refractivity contribution in [3.8, 4) is 22.6 Å². The molecular weight excluding hydrogens is 598 g/mol. The number of nitrogens with zero attached hydrogens (tertiary/aromatic N) is 5. The second-order valence-electron chi connectivity index (χ2n) is 11.0. The summed E-state index contributed by atoms with van der Waals surface area (Å²) in [4.78, 5) is 42.4. The maximum atomic E-state index is 12.7. The van der Waals surface area contributed by atoms with Crippen molar-refractivity contribution in [2.75, 3.05) is 30.9 Å². The summed E-state index contributed by atoms with van der Waals surface area (Å²) in [6.07, 6.45) is 4.81. The van der Waals surface area contributed by atoms with Crippen LogP contribution in [0.25, 0.3) is 28.3 Å². The molecule has 10 nitrogen and oxygen atoms in total. The van der Waals surface area contributed by atoms with Gasteiger partial charge in [-0.3, -0.25) is 14.0 Å². The van der Waals surface area contributed by atoms with Gasteiger partial charge in [-0.05, 0) is 71.5 Å². The van der Waals surface area contributed by atoms with E-state index < -0.39 is 0 Å². The van der Waals surface area contributed by atoms with Gasteiger partial charge in [-0.2, -0.15) is 0 Å². The molecule has 0 bridgehead atoms. The molecule has 0 saturated carbocycles. The molecule has 0 unspecified atom stereocenters. The normalized spacial score (nSPS) is 12.6. The van der Waals surface area contributed by atoms with E-state index in [0.29, 0.717) is 36.8 Å². The molecule has 2 N–H and O–H groups in total. The average molecular weight is 630 g/mol. The van der Waals surface area contributed by atoms with Gasteiger partial charge in [-0.1, -0.05) is 30.3 Å². The lowest BCUT2D eigenvalue weighted by Gasteiger charge is -2.29. The number of imidazole rings is 1. The molecule has 4 aromatic heterocycles. The fourth-order valence-corrected chi connectivity index (χ4v) is 6.41. The maximum absolute atomic E-state index is 12.7. The molecule has 0 aliphatic carbocycles. The minimum atomic E-state index is -0.0715. The van der Waals surface area contributed by atoms with Crippen LogP contribution in [0.2, 0.25) is 0 Å². The Morgan fingerprint density at radius 3 is 2.76 bits per heavy atom. The number of thiophene rings is 1. The van der Waals surface area contributed by atoms with Crippen molar-refractivity contribution in [1.29, 1.82) is 0 Å². The van der Waals surface area contributed by atoms with Crippen LogP contribution in [0.3, 0.4) is 0 Å². The summed E-state index contributed by atoms with van der Waals surface area (Å²) < 4.78 is 7.06. The van der Waals surface area contributed by atoms with Gasteiger partial charge >= 0.3 is 0 Å². The molecular formula is C35H31N7O3S. The van der Waals surface area contributed by atoms with Crippen molar-refractivity contribution < 1.29 is 14.3 Å². The summed E-state index contributed by atoms with van der Waals surface area (Å²) in [7, 11) is 1.53. The van der Waals surface area contributed by atoms with Gasteiger partial charge in [0.2, 0.25) is 17.8 Å². The number of methoxy groups -OCH3 is 1. The van der Waals surface area contributed by atoms with Crippen molar-refractivity contribution in [2.45, 2.75) is 19.4 Å². The Labute approximate surface area is 269 Å². The molecule has 11 heteroatoms. The summed E-state index contributed by atoms with van der Waals surface area (Å²) in [6.45, 7) is 1.29. The fraction of sp³-hybridized carbons (Fsp3) is 0.171. The number of pyridine rings is 1. The van der Waals surface area contributed by atoms with E-state index in [1.54, 1.807) is 17.5 Å². The number of rotatable bonds is 9. The zero-order valence-corrected chi connectivity index (χ0v) is 26.0. The van der Waals surface area contributed by atoms with Gasteiger partial charge in [0.15, 0.2) is 0 Å². The van der Waals surface area contributed by atoms with E-state index in [-0.39, 0.29) is 18.4 Å². The molecule has 0 saturated heterocycles. The van der Waals surface area contributed by atoms with E-state index in [1.807, 2.05) is 87.6 Å². The van der Waals surface area contributed by atoms with E-state index in [4.69, 9.17) is 14.7 Å². The number of anilines is 3. The number of ether oxygens (including phenoxy) is 1. The summed E-state index contributed by atoms with van der Waals surface area (Å²) in [5.74, 6) is 0.350. The molecule has 5 heterocycles. The number of amides is 2. The molecule has 1 aliphatic heterocycles. The predicted octanol–water partition coefficient (Wildman–Crippen LogP) is 5.98. The monoisotopic (exact) mass is 629 g/mol. The van der Waals surface area contributed by atoms with E-state index >= 15 is 0 Å². The number of hydrogen-bond donors (Lipinski definition) is 2. The third-order valence-corrected chi connectivity index (χ3v) is 8.73. The van der Waals surface area contributed by atoms with Crippen molar-refractivity contribution in [1.82, 2.24) is 24.3 Å². The highest BCUT2D eigenvalue weighted by Gasteiger charge is 2.22. The van der Waals surface area contributed by atoms with E-state index in [0.717, 1.165) is 45.1 Å². The number of benzene rings is 2. The highest BCUT2D eigenvalue weighted by molar-refractivity contribution is 7.10. The van der Waals surface area contributed by atoms with Gasteiger partial charge in [0.1, 0.15) is 12.3 Å². The largest absolute Gasteiger partial charge is 0.375 e. The molecule has 0 atom stereocenters. The minimum Gasteiger partial charge on any atom is -0.375 e. The van der Waals surface area contributed by atoms with Crippen LogP contribution < -0.4 is 10.6 Å². The Balaban J connectivity index is 1.17. The third kappa shape index (κ3) is 6.23. The SMILES string of the molecule is COCC(=O)N1CCc2ccc(Nc3nccc(-c4c(-c5cccc(NC(=O)Cc6cccs6)c5)nc5ccccn45)n3)cc2C1. The Bertz CT molecular complexity index is 2040. The van der Waals surface area contributed by atoms with E-state index in [1.165, 1.54) is 12.7 Å². The van der Waals surface area contributed by atoms with Crippen LogP contribution in [0.15, 0.2) is 96.6 Å². The highest BCUT2D eigenvalue weighted by atomic mass is 32.1. The first kappa shape index (κ1) is 29.3. The van der Waals surface area contributed by atoms with Gasteiger partial charge in [0.05, 0.1) is 23.5 Å². The topological polar surface area (TPSA) is 114 Å². The Kier molecular flexibility index (Phi) is 8.24. The third-order valence-electron chi connectivity index (χ3n) is 7.86. The standard InChI is InChI=1S/C35H31N7O3S/c1-45-22-32(44)41-16-13-23-10-11-27(19-25(23)21-41)38-35-36-14-12-29(39-35)34-33(40-30-9-2-3-15-42(30)34)24-6-4-7-26(18-24)37-31(43)20-28-8-5-17-46-28/h2-12,14-15,17-19H,13,16,20-22H2,1H3,(H,37,43)(H,36,38,39). The van der Waals surface area contributed by atoms with Gasteiger partial charge in [-0.25, -0.2) is 15.0 Å². The Morgan fingerprint density at radius 1 is 0.957 bits per heavy atom. The molecule has 2 aromatic carbocycles. The number of hydrogen-bond acceptors (Lipinski definition) is 8. The second-order valence-corrected chi connectivity index (χ2v) is 12.0. The van der Waals surface area contributed by atoms with Crippen molar-refractivity contribution in [2.24, 2.45) is 0 Å². The van der Waals surface area contributed by atoms with Crippen LogP contribution >= 0.6 is 11.3 Å². The van der Waals surface area contributed by atoms with Gasteiger partial charge in [0.25, 0.3) is 0 Å². The lowest BCUT2D eigenvalue weighted by molar-refractivity contribution is -0.136. The number of fused-ring (bicyclic) bond motifs is 2. The molecule has 0 fully saturated rings. The first-order valence-corrected chi connectivity index (χ1v) is 15.8. The van der Waals surface area contributed by atoms with Crippen molar-refractivity contribution in [3.63, 3.8) is 0 Å². The molecule has 0 spiro atoms. The predicted molar refractivity (Wildman–Crippen MR) is 179 cm³/mol. The van der Waals surface area contributed by atoms with Crippen LogP contribution in [0.1, 0.15) is 16.0 Å². The summed E-state index contributed by atoms with van der Waals surface area (Å²) >= 11 is 1.56. The second kappa shape index (κ2) is 12.9. The highest BCUT2D eigenvalue weighted by Crippen LogP contribution is 2.34. The van der Waals surface area contributed by atoms with Gasteiger partial charge < -0.3 is 20.3 Å². The van der Waals surface area contributed by atoms with Crippen LogP contribution in [0.4, 0.5) is 17.3 Å². The van der Waals surface area contributed by atoms with Crippen LogP contribution in [-0.2, 0) is 33.7 Å². The quantitative estimate of drug-likeness (QED) is 0.202. The molecule has 7 rings (SSSR count). The molecule has 2 amide bonds. The molecule has 230 valence electrons. The van der Waals surface area contributed by atoms with Crippen LogP contribution in [-0.4, -0.2) is 56.3 Å². The summed E-state index contributed by atoms with van der Waals surface area (Å²) in [6, 6.07) is 25.5. The molecule has 0 radical (unpaired) electrons. The average Bonchev–Trinajstić information content (AvgIpc) is 3.73. The number of carbonyl (C=O) groups is 2. The Morgan fingerprint density at radius 2 is 1.89 bits per heavy atom. The van der Waals surface area contributed by atoms with Crippen LogP contribution in [0, 0.1) is 0 Å². The number of aromatic nitrogens is 4. The van der Waals surface area contributed by atoms with Gasteiger partial charge in [-0.15, -0.1) is 11.3 Å². The zero-order valence-electron chi connectivity index (χ0n) is 25.1. The zero-order chi connectivity index (χ0) is 31.5. The first-order valence-electron chi connectivity index (χ1n) is 14.9. The molecule has 46 heavy (non-hydrogen) atoms. The number of nitrogens with one attached hydrogen (secondary N) is 2. The minimum absolute atomic E-state index is 0.0160. The molecule has 1 aliphatic rings. The number of carbonyl (C=O) groups excluding carboxylic acids is 2. The van der Waals surface area contributed by atoms with E-state index in [9.17, 15) is 9.59 Å². The lowest BCUT2D eigenvalue weighted by Crippen LogP contribution is -2.38. The summed E-state index contributed by atoms with van der Waals surface area (Å²) in [5.41, 5.74) is 7.69. The smallest absolute Gasteiger partial charge is 0.248 e.